The van der Waals surface area contributed by atoms with Crippen molar-refractivity contribution in [3.8, 4) is 17.1 Å². The van der Waals surface area contributed by atoms with Crippen molar-refractivity contribution in [2.75, 3.05) is 0 Å². The number of aromatic nitrogens is 2. The Labute approximate surface area is 149 Å². The van der Waals surface area contributed by atoms with Crippen molar-refractivity contribution in [2.45, 2.75) is 20.0 Å². The van der Waals surface area contributed by atoms with Gasteiger partial charge in [0.1, 0.15) is 11.3 Å². The number of benzene rings is 2. The van der Waals surface area contributed by atoms with Crippen LogP contribution in [0.2, 0.25) is 0 Å². The van der Waals surface area contributed by atoms with Gasteiger partial charge in [-0.1, -0.05) is 42.4 Å². The molecule has 2 aromatic carbocycles. The molecule has 6 heteroatoms. The van der Waals surface area contributed by atoms with E-state index >= 15 is 0 Å². The molecule has 6 nitrogen and oxygen atoms in total. The maximum absolute atomic E-state index is 11.7. The summed E-state index contributed by atoms with van der Waals surface area (Å²) in [6.07, 6.45) is 0.756. The van der Waals surface area contributed by atoms with E-state index < -0.39 is 0 Å². The molecule has 0 unspecified atom stereocenters. The fourth-order valence-corrected chi connectivity index (χ4v) is 2.76. The van der Waals surface area contributed by atoms with E-state index in [0.717, 1.165) is 22.9 Å². The SMILES string of the molecule is CCc1cc(=O)oc2cc(OCc3nc(-c4ccccc4)no3)ccc12. The van der Waals surface area contributed by atoms with E-state index in [-0.39, 0.29) is 12.2 Å². The van der Waals surface area contributed by atoms with Gasteiger partial charge in [0, 0.05) is 23.1 Å². The third-order valence-corrected chi connectivity index (χ3v) is 4.04. The average Bonchev–Trinajstić information content (AvgIpc) is 3.15. The van der Waals surface area contributed by atoms with Gasteiger partial charge in [-0.05, 0) is 24.1 Å². The van der Waals surface area contributed by atoms with E-state index in [1.807, 2.05) is 49.4 Å². The highest BCUT2D eigenvalue weighted by Crippen LogP contribution is 2.24. The second-order valence-electron chi connectivity index (χ2n) is 5.77. The number of ether oxygens (including phenoxy) is 1. The summed E-state index contributed by atoms with van der Waals surface area (Å²) in [6.45, 7) is 2.13. The first kappa shape index (κ1) is 16.1. The van der Waals surface area contributed by atoms with E-state index in [2.05, 4.69) is 10.1 Å². The molecule has 0 aliphatic carbocycles. The van der Waals surface area contributed by atoms with Gasteiger partial charge in [-0.25, -0.2) is 4.79 Å². The van der Waals surface area contributed by atoms with Gasteiger partial charge in [0.05, 0.1) is 0 Å². The predicted molar refractivity (Wildman–Crippen MR) is 95.9 cm³/mol. The van der Waals surface area contributed by atoms with Crippen molar-refractivity contribution in [1.29, 1.82) is 0 Å². The molecule has 0 radical (unpaired) electrons. The molecular formula is C20H16N2O4. The summed E-state index contributed by atoms with van der Waals surface area (Å²) in [5, 5.41) is 4.86. The molecule has 4 rings (SSSR count). The maximum Gasteiger partial charge on any atom is 0.336 e. The van der Waals surface area contributed by atoms with Crippen molar-refractivity contribution >= 4 is 11.0 Å². The van der Waals surface area contributed by atoms with Gasteiger partial charge >= 0.3 is 5.63 Å². The molecule has 0 aliphatic heterocycles. The minimum atomic E-state index is -0.365. The third kappa shape index (κ3) is 3.21. The molecule has 0 atom stereocenters. The first-order valence-corrected chi connectivity index (χ1v) is 8.30. The molecule has 0 fully saturated rings. The molecule has 0 saturated carbocycles. The highest BCUT2D eigenvalue weighted by Gasteiger charge is 2.10. The molecule has 2 aromatic heterocycles. The van der Waals surface area contributed by atoms with Gasteiger partial charge in [0.2, 0.25) is 5.82 Å². The molecule has 2 heterocycles. The van der Waals surface area contributed by atoms with Gasteiger partial charge in [-0.15, -0.1) is 0 Å². The quantitative estimate of drug-likeness (QED) is 0.508. The highest BCUT2D eigenvalue weighted by atomic mass is 16.5. The number of fused-ring (bicyclic) bond motifs is 1. The topological polar surface area (TPSA) is 78.4 Å². The van der Waals surface area contributed by atoms with E-state index in [4.69, 9.17) is 13.7 Å². The Kier molecular flexibility index (Phi) is 4.23. The predicted octanol–water partition coefficient (Wildman–Crippen LogP) is 3.98. The molecule has 0 amide bonds. The van der Waals surface area contributed by atoms with Crippen LogP contribution in [0.1, 0.15) is 18.4 Å². The van der Waals surface area contributed by atoms with Crippen molar-refractivity contribution in [1.82, 2.24) is 10.1 Å². The Balaban J connectivity index is 1.53. The Morgan fingerprint density at radius 1 is 1.08 bits per heavy atom. The van der Waals surface area contributed by atoms with Crippen molar-refractivity contribution in [3.05, 3.63) is 76.5 Å². The lowest BCUT2D eigenvalue weighted by molar-refractivity contribution is 0.243. The first-order valence-electron chi connectivity index (χ1n) is 8.30. The van der Waals surface area contributed by atoms with E-state index in [1.54, 1.807) is 6.07 Å². The molecule has 130 valence electrons. The van der Waals surface area contributed by atoms with Crippen LogP contribution in [0.5, 0.6) is 5.75 Å². The third-order valence-electron chi connectivity index (χ3n) is 4.04. The molecule has 0 spiro atoms. The van der Waals surface area contributed by atoms with E-state index in [9.17, 15) is 4.79 Å². The van der Waals surface area contributed by atoms with Gasteiger partial charge < -0.3 is 13.7 Å². The Morgan fingerprint density at radius 3 is 2.73 bits per heavy atom. The Hall–Kier alpha value is -3.41. The second-order valence-corrected chi connectivity index (χ2v) is 5.77. The number of hydrogen-bond acceptors (Lipinski definition) is 6. The first-order chi connectivity index (χ1) is 12.7. The number of hydrogen-bond donors (Lipinski definition) is 0. The van der Waals surface area contributed by atoms with Gasteiger partial charge in [0.25, 0.3) is 5.89 Å². The van der Waals surface area contributed by atoms with Gasteiger partial charge in [0.15, 0.2) is 6.61 Å². The van der Waals surface area contributed by atoms with Crippen LogP contribution in [0.25, 0.3) is 22.4 Å². The maximum atomic E-state index is 11.7. The summed E-state index contributed by atoms with van der Waals surface area (Å²) >= 11 is 0. The number of aryl methyl sites for hydroxylation is 1. The number of nitrogens with zero attached hydrogens (tertiary/aromatic N) is 2. The molecule has 0 saturated heterocycles. The summed E-state index contributed by atoms with van der Waals surface area (Å²) in [6, 6.07) is 16.5. The summed E-state index contributed by atoms with van der Waals surface area (Å²) < 4.78 is 16.2. The van der Waals surface area contributed by atoms with Crippen LogP contribution in [0.4, 0.5) is 0 Å². The highest BCUT2D eigenvalue weighted by molar-refractivity contribution is 5.81. The van der Waals surface area contributed by atoms with Crippen molar-refractivity contribution in [3.63, 3.8) is 0 Å². The molecule has 26 heavy (non-hydrogen) atoms. The van der Waals surface area contributed by atoms with Crippen LogP contribution >= 0.6 is 0 Å². The van der Waals surface area contributed by atoms with Crippen LogP contribution in [0.15, 0.2) is 68.3 Å². The summed E-state index contributed by atoms with van der Waals surface area (Å²) in [4.78, 5) is 16.0. The van der Waals surface area contributed by atoms with E-state index in [1.165, 1.54) is 6.07 Å². The monoisotopic (exact) mass is 348 g/mol. The van der Waals surface area contributed by atoms with Crippen LogP contribution in [-0.4, -0.2) is 10.1 Å². The lowest BCUT2D eigenvalue weighted by atomic mass is 10.1. The fraction of sp³-hybridized carbons (Fsp3) is 0.150. The minimum absolute atomic E-state index is 0.128. The largest absolute Gasteiger partial charge is 0.484 e. The minimum Gasteiger partial charge on any atom is -0.484 e. The second kappa shape index (κ2) is 6.84. The fourth-order valence-electron chi connectivity index (χ4n) is 2.76. The molecule has 4 aromatic rings. The zero-order chi connectivity index (χ0) is 17.9. The zero-order valence-corrected chi connectivity index (χ0v) is 14.1. The Morgan fingerprint density at radius 2 is 1.92 bits per heavy atom. The lowest BCUT2D eigenvalue weighted by Gasteiger charge is -2.06. The van der Waals surface area contributed by atoms with Crippen LogP contribution in [0, 0.1) is 0 Å². The van der Waals surface area contributed by atoms with Crippen molar-refractivity contribution in [2.24, 2.45) is 0 Å². The van der Waals surface area contributed by atoms with Crippen LogP contribution in [-0.2, 0) is 13.0 Å². The average molecular weight is 348 g/mol. The van der Waals surface area contributed by atoms with E-state index in [0.29, 0.717) is 23.0 Å². The summed E-state index contributed by atoms with van der Waals surface area (Å²) in [7, 11) is 0. The lowest BCUT2D eigenvalue weighted by Crippen LogP contribution is -2.00. The standard InChI is InChI=1S/C20H16N2O4/c1-2-13-10-19(23)25-17-11-15(8-9-16(13)17)24-12-18-21-20(22-26-18)14-6-4-3-5-7-14/h3-11H,2,12H2,1H3. The molecule has 0 aliphatic rings. The van der Waals surface area contributed by atoms with Gasteiger partial charge in [-0.2, -0.15) is 4.98 Å². The molecule has 0 bridgehead atoms. The van der Waals surface area contributed by atoms with Gasteiger partial charge in [-0.3, -0.25) is 0 Å². The summed E-state index contributed by atoms with van der Waals surface area (Å²) in [5.41, 5.74) is 1.97. The van der Waals surface area contributed by atoms with Crippen LogP contribution < -0.4 is 10.4 Å². The van der Waals surface area contributed by atoms with Crippen LogP contribution in [0.3, 0.4) is 0 Å². The smallest absolute Gasteiger partial charge is 0.336 e. The summed E-state index contributed by atoms with van der Waals surface area (Å²) in [5.74, 6) is 1.45. The molecular weight excluding hydrogens is 332 g/mol. The normalized spacial score (nSPS) is 11.0. The zero-order valence-electron chi connectivity index (χ0n) is 14.1. The van der Waals surface area contributed by atoms with Crippen molar-refractivity contribution < 1.29 is 13.7 Å². The number of rotatable bonds is 5. The molecule has 0 N–H and O–H groups in total. The Bertz CT molecular complexity index is 1100.